The van der Waals surface area contributed by atoms with Crippen LogP contribution in [0.2, 0.25) is 0 Å². The van der Waals surface area contributed by atoms with Crippen LogP contribution in [0.4, 0.5) is 0 Å². The van der Waals surface area contributed by atoms with Crippen LogP contribution < -0.4 is 5.32 Å². The summed E-state index contributed by atoms with van der Waals surface area (Å²) in [4.78, 5) is 0. The summed E-state index contributed by atoms with van der Waals surface area (Å²) in [7, 11) is 0. The van der Waals surface area contributed by atoms with E-state index in [9.17, 15) is 0 Å². The summed E-state index contributed by atoms with van der Waals surface area (Å²) in [5.41, 5.74) is 0. The van der Waals surface area contributed by atoms with Crippen molar-refractivity contribution in [3.63, 3.8) is 0 Å². The van der Waals surface area contributed by atoms with Gasteiger partial charge >= 0.3 is 0 Å². The van der Waals surface area contributed by atoms with Gasteiger partial charge in [0.2, 0.25) is 0 Å². The molecule has 0 radical (unpaired) electrons. The van der Waals surface area contributed by atoms with Crippen molar-refractivity contribution < 1.29 is 0 Å². The molecule has 1 unspecified atom stereocenters. The van der Waals surface area contributed by atoms with Gasteiger partial charge in [-0.2, -0.15) is 0 Å². The van der Waals surface area contributed by atoms with E-state index in [-0.39, 0.29) is 0 Å². The summed E-state index contributed by atoms with van der Waals surface area (Å²) < 4.78 is 0. The summed E-state index contributed by atoms with van der Waals surface area (Å²) in [6, 6.07) is 1.48. The highest BCUT2D eigenvalue weighted by Gasteiger charge is 2.25. The lowest BCUT2D eigenvalue weighted by molar-refractivity contribution is 0.305. The largest absolute Gasteiger partial charge is 0.311 e. The SMILES string of the molecule is CC(CC1CC1)N[C@@H](C)C1CCCCCC1. The van der Waals surface area contributed by atoms with Crippen LogP contribution in [0.5, 0.6) is 0 Å². The Hall–Kier alpha value is -0.0400. The third-order valence-electron chi connectivity index (χ3n) is 4.54. The molecule has 1 N–H and O–H groups in total. The molecule has 0 saturated heterocycles. The van der Waals surface area contributed by atoms with Gasteiger partial charge in [-0.15, -0.1) is 0 Å². The minimum Gasteiger partial charge on any atom is -0.311 e. The zero-order valence-corrected chi connectivity index (χ0v) is 11.2. The molecular weight excluding hydrogens is 194 g/mol. The highest BCUT2D eigenvalue weighted by atomic mass is 14.9. The third-order valence-corrected chi connectivity index (χ3v) is 4.54. The third kappa shape index (κ3) is 4.08. The first-order valence-electron chi connectivity index (χ1n) is 7.51. The highest BCUT2D eigenvalue weighted by molar-refractivity contribution is 4.82. The molecule has 16 heavy (non-hydrogen) atoms. The topological polar surface area (TPSA) is 12.0 Å². The standard InChI is InChI=1S/C15H29N/c1-12(11-14-9-10-14)16-13(2)15-7-5-3-4-6-8-15/h12-16H,3-11H2,1-2H3/t12?,13-/m0/s1. The van der Waals surface area contributed by atoms with E-state index in [0.717, 1.165) is 23.9 Å². The molecule has 2 fully saturated rings. The Balaban J connectivity index is 1.69. The lowest BCUT2D eigenvalue weighted by atomic mass is 9.92. The van der Waals surface area contributed by atoms with Crippen LogP contribution in [0.15, 0.2) is 0 Å². The van der Waals surface area contributed by atoms with E-state index in [1.165, 1.54) is 57.8 Å². The Morgan fingerprint density at radius 2 is 1.56 bits per heavy atom. The molecule has 1 heteroatoms. The monoisotopic (exact) mass is 223 g/mol. The van der Waals surface area contributed by atoms with Gasteiger partial charge in [0.15, 0.2) is 0 Å². The fourth-order valence-corrected chi connectivity index (χ4v) is 3.32. The maximum absolute atomic E-state index is 3.85. The quantitative estimate of drug-likeness (QED) is 0.691. The maximum Gasteiger partial charge on any atom is 0.00694 e. The number of hydrogen-bond acceptors (Lipinski definition) is 1. The smallest absolute Gasteiger partial charge is 0.00694 e. The van der Waals surface area contributed by atoms with Crippen LogP contribution in [0, 0.1) is 11.8 Å². The first-order chi connectivity index (χ1) is 7.75. The zero-order valence-electron chi connectivity index (χ0n) is 11.2. The summed E-state index contributed by atoms with van der Waals surface area (Å²) in [6.45, 7) is 4.80. The van der Waals surface area contributed by atoms with Crippen molar-refractivity contribution in [1.29, 1.82) is 0 Å². The summed E-state index contributed by atoms with van der Waals surface area (Å²) in [5, 5.41) is 3.85. The van der Waals surface area contributed by atoms with Gasteiger partial charge in [-0.05, 0) is 44.9 Å². The molecule has 2 atom stereocenters. The van der Waals surface area contributed by atoms with Crippen LogP contribution in [0.1, 0.15) is 71.6 Å². The van der Waals surface area contributed by atoms with Gasteiger partial charge in [0.1, 0.15) is 0 Å². The summed E-state index contributed by atoms with van der Waals surface area (Å²) in [5.74, 6) is 2.01. The van der Waals surface area contributed by atoms with Crippen molar-refractivity contribution in [2.75, 3.05) is 0 Å². The first kappa shape index (κ1) is 12.4. The molecule has 2 aliphatic carbocycles. The Morgan fingerprint density at radius 1 is 0.938 bits per heavy atom. The Kier molecular flexibility index (Phi) is 4.69. The van der Waals surface area contributed by atoms with E-state index < -0.39 is 0 Å². The Bertz CT molecular complexity index is 190. The van der Waals surface area contributed by atoms with Crippen molar-refractivity contribution in [3.8, 4) is 0 Å². The molecule has 0 aromatic carbocycles. The molecule has 0 heterocycles. The van der Waals surface area contributed by atoms with Crippen LogP contribution in [-0.4, -0.2) is 12.1 Å². The van der Waals surface area contributed by atoms with Gasteiger partial charge < -0.3 is 5.32 Å². The minimum atomic E-state index is 0.741. The van der Waals surface area contributed by atoms with Crippen LogP contribution in [-0.2, 0) is 0 Å². The van der Waals surface area contributed by atoms with E-state index in [4.69, 9.17) is 0 Å². The molecule has 2 saturated carbocycles. The van der Waals surface area contributed by atoms with Gasteiger partial charge in [0, 0.05) is 12.1 Å². The molecular formula is C15H29N. The van der Waals surface area contributed by atoms with Crippen molar-refractivity contribution in [2.24, 2.45) is 11.8 Å². The van der Waals surface area contributed by atoms with Gasteiger partial charge in [0.25, 0.3) is 0 Å². The van der Waals surface area contributed by atoms with Crippen LogP contribution >= 0.6 is 0 Å². The number of rotatable bonds is 5. The normalized spacial score (nSPS) is 27.4. The fourth-order valence-electron chi connectivity index (χ4n) is 3.32. The van der Waals surface area contributed by atoms with E-state index in [2.05, 4.69) is 19.2 Å². The van der Waals surface area contributed by atoms with Crippen molar-refractivity contribution in [2.45, 2.75) is 83.7 Å². The van der Waals surface area contributed by atoms with Gasteiger partial charge in [-0.25, -0.2) is 0 Å². The molecule has 1 nitrogen and oxygen atoms in total. The molecule has 94 valence electrons. The first-order valence-corrected chi connectivity index (χ1v) is 7.51. The lowest BCUT2D eigenvalue weighted by Crippen LogP contribution is -2.39. The van der Waals surface area contributed by atoms with Crippen LogP contribution in [0.25, 0.3) is 0 Å². The van der Waals surface area contributed by atoms with Crippen LogP contribution in [0.3, 0.4) is 0 Å². The van der Waals surface area contributed by atoms with Crippen molar-refractivity contribution in [3.05, 3.63) is 0 Å². The van der Waals surface area contributed by atoms with Crippen molar-refractivity contribution in [1.82, 2.24) is 5.32 Å². The summed E-state index contributed by atoms with van der Waals surface area (Å²) >= 11 is 0. The Labute approximate surface area is 101 Å². The second-order valence-corrected chi connectivity index (χ2v) is 6.29. The predicted molar refractivity (Wildman–Crippen MR) is 70.6 cm³/mol. The second-order valence-electron chi connectivity index (χ2n) is 6.29. The van der Waals surface area contributed by atoms with Crippen molar-refractivity contribution >= 4 is 0 Å². The molecule has 2 rings (SSSR count). The molecule has 2 aliphatic rings. The molecule has 0 aliphatic heterocycles. The number of nitrogens with one attached hydrogen (secondary N) is 1. The molecule has 0 aromatic heterocycles. The van der Waals surface area contributed by atoms with E-state index >= 15 is 0 Å². The molecule has 0 spiro atoms. The lowest BCUT2D eigenvalue weighted by Gasteiger charge is -2.27. The van der Waals surface area contributed by atoms with Gasteiger partial charge in [-0.3, -0.25) is 0 Å². The Morgan fingerprint density at radius 3 is 2.12 bits per heavy atom. The highest BCUT2D eigenvalue weighted by Crippen LogP contribution is 2.34. The summed E-state index contributed by atoms with van der Waals surface area (Å²) in [6.07, 6.45) is 13.2. The average molecular weight is 223 g/mol. The van der Waals surface area contributed by atoms with E-state index in [0.29, 0.717) is 0 Å². The van der Waals surface area contributed by atoms with Gasteiger partial charge in [0.05, 0.1) is 0 Å². The van der Waals surface area contributed by atoms with Gasteiger partial charge in [-0.1, -0.05) is 38.5 Å². The fraction of sp³-hybridized carbons (Fsp3) is 1.00. The van der Waals surface area contributed by atoms with E-state index in [1.807, 2.05) is 0 Å². The zero-order chi connectivity index (χ0) is 11.4. The second kappa shape index (κ2) is 6.05. The predicted octanol–water partition coefficient (Wildman–Crippen LogP) is 4.12. The average Bonchev–Trinajstić information content (AvgIpc) is 3.02. The molecule has 0 aromatic rings. The molecule has 0 bridgehead atoms. The maximum atomic E-state index is 3.85. The minimum absolute atomic E-state index is 0.741. The molecule has 0 amide bonds. The van der Waals surface area contributed by atoms with E-state index in [1.54, 1.807) is 0 Å². The number of hydrogen-bond donors (Lipinski definition) is 1.